The zero-order valence-electron chi connectivity index (χ0n) is 36.3. The molecule has 57 heavy (non-hydrogen) atoms. The van der Waals surface area contributed by atoms with E-state index in [-0.39, 0.29) is 12.5 Å². The molecule has 1 heterocycles. The predicted octanol–water partition coefficient (Wildman–Crippen LogP) is 9.84. The molecule has 1 fully saturated rings. The maximum Gasteiger partial charge on any atom is 0.220 e. The number of rotatable bonds is 38. The van der Waals surface area contributed by atoms with E-state index in [0.717, 1.165) is 64.2 Å². The molecule has 1 aliphatic heterocycles. The fourth-order valence-electron chi connectivity index (χ4n) is 7.06. The molecule has 1 rings (SSSR count). The summed E-state index contributed by atoms with van der Waals surface area (Å²) in [5.74, 6) is -0.202. The Morgan fingerprint density at radius 1 is 0.579 bits per heavy atom. The van der Waals surface area contributed by atoms with Crippen LogP contribution < -0.4 is 5.32 Å². The molecule has 0 bridgehead atoms. The minimum Gasteiger partial charge on any atom is -0.394 e. The molecule has 7 atom stereocenters. The summed E-state index contributed by atoms with van der Waals surface area (Å²) in [6.07, 6.45) is 41.6. The van der Waals surface area contributed by atoms with Gasteiger partial charge in [0, 0.05) is 6.42 Å². The molecule has 7 unspecified atom stereocenters. The standard InChI is InChI=1S/C48H87NO8/c1-3-5-7-9-11-13-15-17-18-19-20-21-22-23-24-26-27-29-31-33-35-37-42(51)41(40-56-48-47(55)46(54)45(53)43(39-50)57-48)49-44(52)38-36-34-32-30-28-25-16-14-12-10-8-6-4-2/h14,16,22-23,27,29,35,37,41-43,45-48,50-51,53-55H,3-13,15,17-21,24-26,28,30-34,36,38-40H2,1-2H3,(H,49,52)/b16-14-,23-22+,29-27+,37-35+. The van der Waals surface area contributed by atoms with Crippen LogP contribution in [0, 0.1) is 0 Å². The van der Waals surface area contributed by atoms with Gasteiger partial charge < -0.3 is 40.3 Å². The van der Waals surface area contributed by atoms with Crippen molar-refractivity contribution in [2.45, 2.75) is 236 Å². The summed E-state index contributed by atoms with van der Waals surface area (Å²) in [4.78, 5) is 12.9. The van der Waals surface area contributed by atoms with Crippen LogP contribution in [0.5, 0.6) is 0 Å². The quantitative estimate of drug-likeness (QED) is 0.0267. The monoisotopic (exact) mass is 806 g/mol. The highest BCUT2D eigenvalue weighted by molar-refractivity contribution is 5.76. The maximum absolute atomic E-state index is 12.9. The number of hydrogen-bond acceptors (Lipinski definition) is 8. The number of aliphatic hydroxyl groups is 5. The Bertz CT molecular complexity index is 1030. The zero-order chi connectivity index (χ0) is 41.6. The first-order valence-corrected chi connectivity index (χ1v) is 23.4. The summed E-state index contributed by atoms with van der Waals surface area (Å²) in [6.45, 7) is 3.72. The Morgan fingerprint density at radius 2 is 1.00 bits per heavy atom. The molecule has 0 aliphatic carbocycles. The molecular weight excluding hydrogens is 719 g/mol. The minimum atomic E-state index is -1.58. The van der Waals surface area contributed by atoms with Crippen molar-refractivity contribution in [1.82, 2.24) is 5.32 Å². The van der Waals surface area contributed by atoms with E-state index in [4.69, 9.17) is 9.47 Å². The van der Waals surface area contributed by atoms with Gasteiger partial charge in [0.2, 0.25) is 5.91 Å². The molecule has 0 saturated carbocycles. The highest BCUT2D eigenvalue weighted by Gasteiger charge is 2.44. The van der Waals surface area contributed by atoms with Crippen LogP contribution in [0.1, 0.15) is 194 Å². The lowest BCUT2D eigenvalue weighted by atomic mass is 9.99. The van der Waals surface area contributed by atoms with E-state index in [0.29, 0.717) is 6.42 Å². The number of unbranched alkanes of at least 4 members (excludes halogenated alkanes) is 22. The summed E-state index contributed by atoms with van der Waals surface area (Å²) < 4.78 is 11.2. The summed E-state index contributed by atoms with van der Waals surface area (Å²) in [7, 11) is 0. The van der Waals surface area contributed by atoms with Gasteiger partial charge >= 0.3 is 0 Å². The molecule has 332 valence electrons. The number of nitrogens with one attached hydrogen (secondary N) is 1. The average Bonchev–Trinajstić information content (AvgIpc) is 3.21. The van der Waals surface area contributed by atoms with E-state index in [1.54, 1.807) is 6.08 Å². The third-order valence-corrected chi connectivity index (χ3v) is 10.9. The number of amides is 1. The number of allylic oxidation sites excluding steroid dienone is 7. The van der Waals surface area contributed by atoms with Gasteiger partial charge in [-0.2, -0.15) is 0 Å². The second kappa shape index (κ2) is 38.4. The van der Waals surface area contributed by atoms with Gasteiger partial charge in [0.15, 0.2) is 6.29 Å². The van der Waals surface area contributed by atoms with Crippen LogP contribution in [0.3, 0.4) is 0 Å². The van der Waals surface area contributed by atoms with Crippen molar-refractivity contribution in [3.63, 3.8) is 0 Å². The fraction of sp³-hybridized carbons (Fsp3) is 0.812. The number of ether oxygens (including phenoxy) is 2. The lowest BCUT2D eigenvalue weighted by Gasteiger charge is -2.40. The molecule has 0 spiro atoms. The molecule has 0 aromatic carbocycles. The Hall–Kier alpha value is -1.85. The van der Waals surface area contributed by atoms with Gasteiger partial charge in [-0.3, -0.25) is 4.79 Å². The van der Waals surface area contributed by atoms with Crippen LogP contribution in [0.2, 0.25) is 0 Å². The van der Waals surface area contributed by atoms with Crippen LogP contribution in [0.25, 0.3) is 0 Å². The Morgan fingerprint density at radius 3 is 1.49 bits per heavy atom. The maximum atomic E-state index is 12.9. The topological polar surface area (TPSA) is 149 Å². The van der Waals surface area contributed by atoms with Crippen LogP contribution >= 0.6 is 0 Å². The Labute approximate surface area is 348 Å². The van der Waals surface area contributed by atoms with Gasteiger partial charge in [-0.1, -0.05) is 165 Å². The molecule has 1 saturated heterocycles. The van der Waals surface area contributed by atoms with Gasteiger partial charge in [-0.15, -0.1) is 0 Å². The van der Waals surface area contributed by atoms with E-state index in [9.17, 15) is 30.3 Å². The third kappa shape index (κ3) is 29.1. The molecule has 1 amide bonds. The number of carbonyl (C=O) groups excluding carboxylic acids is 1. The van der Waals surface area contributed by atoms with Crippen LogP contribution in [0.4, 0.5) is 0 Å². The second-order valence-electron chi connectivity index (χ2n) is 16.2. The largest absolute Gasteiger partial charge is 0.394 e. The third-order valence-electron chi connectivity index (χ3n) is 10.9. The van der Waals surface area contributed by atoms with Gasteiger partial charge in [0.1, 0.15) is 24.4 Å². The predicted molar refractivity (Wildman–Crippen MR) is 235 cm³/mol. The van der Waals surface area contributed by atoms with E-state index in [2.05, 4.69) is 55.6 Å². The van der Waals surface area contributed by atoms with Crippen molar-refractivity contribution in [3.8, 4) is 0 Å². The lowest BCUT2D eigenvalue weighted by Crippen LogP contribution is -2.60. The summed E-state index contributed by atoms with van der Waals surface area (Å²) in [5, 5.41) is 54.1. The van der Waals surface area contributed by atoms with E-state index >= 15 is 0 Å². The number of carbonyl (C=O) groups is 1. The van der Waals surface area contributed by atoms with E-state index in [1.807, 2.05) is 6.08 Å². The molecule has 9 nitrogen and oxygen atoms in total. The summed E-state index contributed by atoms with van der Waals surface area (Å²) >= 11 is 0. The van der Waals surface area contributed by atoms with Gasteiger partial charge in [-0.05, 0) is 70.6 Å². The Balaban J connectivity index is 2.39. The Kier molecular flexibility index (Phi) is 35.8. The van der Waals surface area contributed by atoms with Crippen molar-refractivity contribution in [2.75, 3.05) is 13.2 Å². The lowest BCUT2D eigenvalue weighted by molar-refractivity contribution is -0.302. The molecule has 6 N–H and O–H groups in total. The molecule has 0 aromatic rings. The van der Waals surface area contributed by atoms with Crippen LogP contribution in [0.15, 0.2) is 48.6 Å². The molecule has 0 radical (unpaired) electrons. The molecular formula is C48H87NO8. The van der Waals surface area contributed by atoms with Gasteiger partial charge in [0.25, 0.3) is 0 Å². The minimum absolute atomic E-state index is 0.202. The van der Waals surface area contributed by atoms with Gasteiger partial charge in [-0.25, -0.2) is 0 Å². The highest BCUT2D eigenvalue weighted by atomic mass is 16.7. The first kappa shape index (κ1) is 53.2. The van der Waals surface area contributed by atoms with Crippen molar-refractivity contribution in [2.24, 2.45) is 0 Å². The van der Waals surface area contributed by atoms with Crippen molar-refractivity contribution in [3.05, 3.63) is 48.6 Å². The van der Waals surface area contributed by atoms with Crippen LogP contribution in [-0.4, -0.2) is 87.5 Å². The summed E-state index contributed by atoms with van der Waals surface area (Å²) in [5.41, 5.74) is 0. The van der Waals surface area contributed by atoms with Crippen molar-refractivity contribution >= 4 is 5.91 Å². The highest BCUT2D eigenvalue weighted by Crippen LogP contribution is 2.22. The van der Waals surface area contributed by atoms with Crippen LogP contribution in [-0.2, 0) is 14.3 Å². The molecule has 0 aromatic heterocycles. The second-order valence-corrected chi connectivity index (χ2v) is 16.2. The average molecular weight is 806 g/mol. The zero-order valence-corrected chi connectivity index (χ0v) is 36.3. The normalized spacial score (nSPS) is 21.4. The van der Waals surface area contributed by atoms with Gasteiger partial charge in [0.05, 0.1) is 25.4 Å². The summed E-state index contributed by atoms with van der Waals surface area (Å²) in [6, 6.07) is -0.831. The molecule has 9 heteroatoms. The smallest absolute Gasteiger partial charge is 0.220 e. The number of hydrogen-bond donors (Lipinski definition) is 6. The first-order valence-electron chi connectivity index (χ1n) is 23.4. The van der Waals surface area contributed by atoms with Crippen molar-refractivity contribution < 1.29 is 39.8 Å². The van der Waals surface area contributed by atoms with E-state index in [1.165, 1.54) is 109 Å². The SMILES string of the molecule is CCCCCC/C=C\CCCCCCCC(=O)NC(COC1OC(CO)C(O)C(O)C1O)C(O)/C=C/CC/C=C/CC/C=C/CCCCCCCCCCCCC. The van der Waals surface area contributed by atoms with Crippen molar-refractivity contribution in [1.29, 1.82) is 0 Å². The fourth-order valence-corrected chi connectivity index (χ4v) is 7.06. The first-order chi connectivity index (χ1) is 27.8. The number of aliphatic hydroxyl groups excluding tert-OH is 5. The molecule has 1 aliphatic rings. The van der Waals surface area contributed by atoms with E-state index < -0.39 is 49.5 Å².